The lowest BCUT2D eigenvalue weighted by Crippen LogP contribution is -2.40. The van der Waals surface area contributed by atoms with Crippen molar-refractivity contribution in [1.82, 2.24) is 20.4 Å². The predicted octanol–water partition coefficient (Wildman–Crippen LogP) is 5.37. The van der Waals surface area contributed by atoms with Gasteiger partial charge in [0.15, 0.2) is 11.5 Å². The van der Waals surface area contributed by atoms with Gasteiger partial charge in [-0.2, -0.15) is 4.98 Å². The van der Waals surface area contributed by atoms with Crippen LogP contribution in [0.2, 0.25) is 10.0 Å². The monoisotopic (exact) mass is 532 g/mol. The number of amides is 1. The highest BCUT2D eigenvalue weighted by atomic mass is 35.5. The Morgan fingerprint density at radius 3 is 2.56 bits per heavy atom. The summed E-state index contributed by atoms with van der Waals surface area (Å²) in [6, 6.07) is 10.9. The first-order valence-electron chi connectivity index (χ1n) is 12.1. The minimum atomic E-state index is -0.0265. The van der Waals surface area contributed by atoms with Gasteiger partial charge in [0.2, 0.25) is 17.6 Å². The summed E-state index contributed by atoms with van der Waals surface area (Å²) in [4.78, 5) is 19.5. The molecule has 0 bridgehead atoms. The van der Waals surface area contributed by atoms with Crippen LogP contribution in [0, 0.1) is 5.92 Å². The lowest BCUT2D eigenvalue weighted by molar-refractivity contribution is -0.126. The number of carbonyl (C=O) groups excluding carboxylic acids is 1. The van der Waals surface area contributed by atoms with E-state index >= 15 is 0 Å². The highest BCUT2D eigenvalue weighted by Crippen LogP contribution is 2.30. The molecule has 36 heavy (non-hydrogen) atoms. The average Bonchev–Trinajstić information content (AvgIpc) is 3.32. The van der Waals surface area contributed by atoms with Crippen molar-refractivity contribution in [2.24, 2.45) is 5.92 Å². The molecule has 1 N–H and O–H groups in total. The van der Waals surface area contributed by atoms with Gasteiger partial charge in [0.1, 0.15) is 0 Å². The van der Waals surface area contributed by atoms with Crippen LogP contribution in [-0.2, 0) is 17.9 Å². The van der Waals surface area contributed by atoms with E-state index in [2.05, 4.69) is 20.4 Å². The fourth-order valence-electron chi connectivity index (χ4n) is 4.18. The first-order valence-corrected chi connectivity index (χ1v) is 12.9. The zero-order valence-electron chi connectivity index (χ0n) is 20.4. The Kier molecular flexibility index (Phi) is 9.07. The third-order valence-corrected chi connectivity index (χ3v) is 6.58. The molecule has 0 spiro atoms. The van der Waals surface area contributed by atoms with Gasteiger partial charge in [-0.3, -0.25) is 9.69 Å². The molecule has 3 aromatic rings. The van der Waals surface area contributed by atoms with E-state index in [1.54, 1.807) is 18.2 Å². The van der Waals surface area contributed by atoms with Crippen LogP contribution in [0.25, 0.3) is 11.4 Å². The van der Waals surface area contributed by atoms with E-state index < -0.39 is 0 Å². The first kappa shape index (κ1) is 26.3. The summed E-state index contributed by atoms with van der Waals surface area (Å²) in [7, 11) is 0. The summed E-state index contributed by atoms with van der Waals surface area (Å²) < 4.78 is 16.7. The first-order chi connectivity index (χ1) is 17.5. The molecule has 8 nitrogen and oxygen atoms in total. The van der Waals surface area contributed by atoms with Crippen molar-refractivity contribution in [2.75, 3.05) is 26.3 Å². The molecule has 0 aliphatic carbocycles. The lowest BCUT2D eigenvalue weighted by Gasteiger charge is -2.30. The highest BCUT2D eigenvalue weighted by Gasteiger charge is 2.26. The summed E-state index contributed by atoms with van der Waals surface area (Å²) in [5, 5.41) is 8.14. The molecule has 0 saturated carbocycles. The van der Waals surface area contributed by atoms with E-state index in [4.69, 9.17) is 37.2 Å². The molecule has 1 amide bonds. The van der Waals surface area contributed by atoms with Gasteiger partial charge < -0.3 is 19.3 Å². The number of rotatable bonds is 10. The van der Waals surface area contributed by atoms with Gasteiger partial charge in [0, 0.05) is 23.0 Å². The number of hydrogen-bond donors (Lipinski definition) is 1. The maximum atomic E-state index is 12.8. The molecule has 1 aliphatic rings. The van der Waals surface area contributed by atoms with Crippen molar-refractivity contribution in [1.29, 1.82) is 0 Å². The maximum Gasteiger partial charge on any atom is 0.241 e. The Morgan fingerprint density at radius 1 is 1.08 bits per heavy atom. The standard InChI is InChI=1S/C26H30Cl2N4O4/c1-3-34-22-8-5-17(13-23(22)35-4-2)15-29-26(33)18-9-11-32(12-10-18)16-24-30-25(31-36-24)20-7-6-19(27)14-21(20)28/h5-8,13-14,18H,3-4,9-12,15-16H2,1-2H3,(H,29,33). The van der Waals surface area contributed by atoms with Crippen molar-refractivity contribution in [3.05, 3.63) is 57.9 Å². The lowest BCUT2D eigenvalue weighted by atomic mass is 9.96. The van der Waals surface area contributed by atoms with Crippen LogP contribution in [0.15, 0.2) is 40.9 Å². The Hall–Kier alpha value is -2.81. The second-order valence-electron chi connectivity index (χ2n) is 8.55. The Balaban J connectivity index is 1.25. The molecule has 0 radical (unpaired) electrons. The van der Waals surface area contributed by atoms with Crippen molar-refractivity contribution in [2.45, 2.75) is 39.8 Å². The predicted molar refractivity (Wildman–Crippen MR) is 138 cm³/mol. The zero-order chi connectivity index (χ0) is 25.5. The van der Waals surface area contributed by atoms with E-state index in [0.29, 0.717) is 65.1 Å². The van der Waals surface area contributed by atoms with Gasteiger partial charge >= 0.3 is 0 Å². The number of nitrogens with zero attached hydrogens (tertiary/aromatic N) is 3. The number of benzene rings is 2. The third kappa shape index (κ3) is 6.69. The number of likely N-dealkylation sites (tertiary alicyclic amines) is 1. The summed E-state index contributed by atoms with van der Waals surface area (Å²) in [5.41, 5.74) is 1.65. The molecule has 1 saturated heterocycles. The summed E-state index contributed by atoms with van der Waals surface area (Å²) in [5.74, 6) is 2.40. The summed E-state index contributed by atoms with van der Waals surface area (Å²) in [6.45, 7) is 7.51. The van der Waals surface area contributed by atoms with Crippen LogP contribution < -0.4 is 14.8 Å². The van der Waals surface area contributed by atoms with E-state index in [1.807, 2.05) is 32.0 Å². The van der Waals surface area contributed by atoms with Crippen LogP contribution in [0.1, 0.15) is 38.1 Å². The molecule has 4 rings (SSSR count). The van der Waals surface area contributed by atoms with E-state index in [9.17, 15) is 4.79 Å². The van der Waals surface area contributed by atoms with Gasteiger partial charge in [0.25, 0.3) is 0 Å². The average molecular weight is 533 g/mol. The van der Waals surface area contributed by atoms with Crippen molar-refractivity contribution in [3.8, 4) is 22.9 Å². The minimum absolute atomic E-state index is 0.0265. The van der Waals surface area contributed by atoms with Crippen LogP contribution in [-0.4, -0.2) is 47.3 Å². The third-order valence-electron chi connectivity index (χ3n) is 6.03. The fraction of sp³-hybridized carbons (Fsp3) is 0.423. The number of carbonyl (C=O) groups is 1. The topological polar surface area (TPSA) is 89.7 Å². The SMILES string of the molecule is CCOc1ccc(CNC(=O)C2CCN(Cc3nc(-c4ccc(Cl)cc4Cl)no3)CC2)cc1OCC. The zero-order valence-corrected chi connectivity index (χ0v) is 21.9. The van der Waals surface area contributed by atoms with Gasteiger partial charge in [-0.25, -0.2) is 0 Å². The minimum Gasteiger partial charge on any atom is -0.490 e. The van der Waals surface area contributed by atoms with Gasteiger partial charge in [0.05, 0.1) is 24.8 Å². The van der Waals surface area contributed by atoms with Crippen LogP contribution >= 0.6 is 23.2 Å². The Morgan fingerprint density at radius 2 is 1.83 bits per heavy atom. The van der Waals surface area contributed by atoms with E-state index in [-0.39, 0.29) is 11.8 Å². The van der Waals surface area contributed by atoms with Crippen LogP contribution in [0.5, 0.6) is 11.5 Å². The number of piperidine rings is 1. The van der Waals surface area contributed by atoms with Gasteiger partial charge in [-0.05, 0) is 75.7 Å². The second kappa shape index (κ2) is 12.4. The molecule has 1 aliphatic heterocycles. The number of ether oxygens (including phenoxy) is 2. The molecule has 10 heteroatoms. The molecule has 1 aromatic heterocycles. The molecule has 2 aromatic carbocycles. The second-order valence-corrected chi connectivity index (χ2v) is 9.39. The van der Waals surface area contributed by atoms with E-state index in [1.165, 1.54) is 0 Å². The van der Waals surface area contributed by atoms with Crippen LogP contribution in [0.4, 0.5) is 0 Å². The van der Waals surface area contributed by atoms with Crippen LogP contribution in [0.3, 0.4) is 0 Å². The quantitative estimate of drug-likeness (QED) is 0.375. The molecule has 0 atom stereocenters. The Labute approximate surface area is 220 Å². The summed E-state index contributed by atoms with van der Waals surface area (Å²) in [6.07, 6.45) is 1.53. The largest absolute Gasteiger partial charge is 0.490 e. The maximum absolute atomic E-state index is 12.8. The van der Waals surface area contributed by atoms with Crippen molar-refractivity contribution >= 4 is 29.1 Å². The molecular weight excluding hydrogens is 503 g/mol. The fourth-order valence-corrected chi connectivity index (χ4v) is 4.68. The van der Waals surface area contributed by atoms with Gasteiger partial charge in [-0.1, -0.05) is 34.4 Å². The van der Waals surface area contributed by atoms with E-state index in [0.717, 1.165) is 31.5 Å². The molecule has 192 valence electrons. The normalized spacial score (nSPS) is 14.6. The molecule has 1 fully saturated rings. The number of halogens is 2. The molecule has 2 heterocycles. The number of aromatic nitrogens is 2. The number of hydrogen-bond acceptors (Lipinski definition) is 7. The highest BCUT2D eigenvalue weighted by molar-refractivity contribution is 6.36. The smallest absolute Gasteiger partial charge is 0.241 e. The molecular formula is C26H30Cl2N4O4. The summed E-state index contributed by atoms with van der Waals surface area (Å²) >= 11 is 12.2. The van der Waals surface area contributed by atoms with Crippen molar-refractivity contribution < 1.29 is 18.8 Å². The Bertz CT molecular complexity index is 1180. The van der Waals surface area contributed by atoms with Crippen molar-refractivity contribution in [3.63, 3.8) is 0 Å². The number of nitrogens with one attached hydrogen (secondary N) is 1. The molecule has 0 unspecified atom stereocenters. The van der Waals surface area contributed by atoms with Gasteiger partial charge in [-0.15, -0.1) is 0 Å².